The highest BCUT2D eigenvalue weighted by Gasteiger charge is 2.57. The predicted molar refractivity (Wildman–Crippen MR) is 129 cm³/mol. The van der Waals surface area contributed by atoms with E-state index in [1.54, 1.807) is 14.2 Å². The molecular formula is C27H36O4Si. The summed E-state index contributed by atoms with van der Waals surface area (Å²) in [6.45, 7) is 0. The van der Waals surface area contributed by atoms with Crippen LogP contribution in [0, 0.1) is 11.8 Å². The number of ether oxygens (including phenoxy) is 1. The molecule has 172 valence electrons. The van der Waals surface area contributed by atoms with Gasteiger partial charge in [0.1, 0.15) is 0 Å². The average molecular weight is 453 g/mol. The molecule has 0 atom stereocenters. The highest BCUT2D eigenvalue weighted by Crippen LogP contribution is 2.49. The topological polar surface area (TPSA) is 36.9 Å². The minimum absolute atomic E-state index is 0.390. The van der Waals surface area contributed by atoms with Gasteiger partial charge in [-0.05, 0) is 54.4 Å². The summed E-state index contributed by atoms with van der Waals surface area (Å²) in [6.07, 6.45) is 10.5. The lowest BCUT2D eigenvalue weighted by atomic mass is 9.84. The first-order valence-electron chi connectivity index (χ1n) is 12.2. The first-order chi connectivity index (χ1) is 15.7. The van der Waals surface area contributed by atoms with Crippen LogP contribution in [0.5, 0.6) is 0 Å². The molecule has 0 aliphatic heterocycles. The van der Waals surface area contributed by atoms with E-state index in [2.05, 4.69) is 42.5 Å². The summed E-state index contributed by atoms with van der Waals surface area (Å²) < 4.78 is 26.2. The number of hydrogen-bond acceptors (Lipinski definition) is 4. The molecule has 4 nitrogen and oxygen atoms in total. The van der Waals surface area contributed by atoms with Gasteiger partial charge in [0, 0.05) is 38.4 Å². The molecule has 0 unspecified atom stereocenters. The molecule has 2 aromatic rings. The van der Waals surface area contributed by atoms with Gasteiger partial charge in [-0.1, -0.05) is 68.1 Å². The van der Waals surface area contributed by atoms with Gasteiger partial charge in [-0.2, -0.15) is 0 Å². The zero-order valence-electron chi connectivity index (χ0n) is 19.7. The van der Waals surface area contributed by atoms with Crippen molar-refractivity contribution in [1.29, 1.82) is 0 Å². The van der Waals surface area contributed by atoms with Crippen LogP contribution in [0.25, 0.3) is 11.1 Å². The van der Waals surface area contributed by atoms with Crippen LogP contribution in [-0.4, -0.2) is 35.9 Å². The summed E-state index contributed by atoms with van der Waals surface area (Å²) in [6, 6.07) is 15.2. The van der Waals surface area contributed by atoms with Gasteiger partial charge in [-0.3, -0.25) is 0 Å². The van der Waals surface area contributed by atoms with Crippen molar-refractivity contribution in [2.75, 3.05) is 21.3 Å². The van der Waals surface area contributed by atoms with Crippen molar-refractivity contribution < 1.29 is 18.0 Å². The summed E-state index contributed by atoms with van der Waals surface area (Å²) in [7, 11) is 2.11. The van der Waals surface area contributed by atoms with Gasteiger partial charge in [0.2, 0.25) is 0 Å². The Morgan fingerprint density at radius 1 is 0.750 bits per heavy atom. The van der Waals surface area contributed by atoms with Gasteiger partial charge < -0.3 is 18.0 Å². The highest BCUT2D eigenvalue weighted by atomic mass is 28.4. The lowest BCUT2D eigenvalue weighted by molar-refractivity contribution is -0.253. The molecule has 0 spiro atoms. The van der Waals surface area contributed by atoms with Crippen LogP contribution >= 0.6 is 0 Å². The summed E-state index contributed by atoms with van der Waals surface area (Å²) in [5.74, 6) is 0.142. The Hall–Kier alpha value is -1.50. The van der Waals surface area contributed by atoms with Crippen molar-refractivity contribution in [3.05, 3.63) is 53.6 Å². The Kier molecular flexibility index (Phi) is 6.29. The minimum atomic E-state index is -3.23. The second-order valence-corrected chi connectivity index (χ2v) is 12.3. The number of fused-ring (bicyclic) bond motifs is 3. The molecule has 0 amide bonds. The van der Waals surface area contributed by atoms with Crippen LogP contribution in [0.1, 0.15) is 62.5 Å². The summed E-state index contributed by atoms with van der Waals surface area (Å²) in [5.41, 5.74) is 5.23. The molecule has 3 aliphatic carbocycles. The molecule has 2 aromatic carbocycles. The number of rotatable bonds is 8. The molecule has 0 saturated heterocycles. The predicted octanol–water partition coefficient (Wildman–Crippen LogP) is 5.44. The second-order valence-electron chi connectivity index (χ2n) is 9.62. The van der Waals surface area contributed by atoms with Crippen LogP contribution < -0.4 is 5.19 Å². The number of hydrogen-bond donors (Lipinski definition) is 0. The maximum atomic E-state index is 7.22. The molecule has 2 fully saturated rings. The quantitative estimate of drug-likeness (QED) is 0.337. The SMILES string of the molecule is COC(O[Si](OC)(OC)c1cccc2c1Cc1ccccc1-2)(C1CCCC1)C1CCCC1. The maximum Gasteiger partial charge on any atom is 0.539 e. The van der Waals surface area contributed by atoms with E-state index in [1.165, 1.54) is 47.9 Å². The fraction of sp³-hybridized carbons (Fsp3) is 0.556. The Bertz CT molecular complexity index is 926. The zero-order valence-corrected chi connectivity index (χ0v) is 20.7. The van der Waals surface area contributed by atoms with Crippen molar-refractivity contribution in [3.8, 4) is 11.1 Å². The molecule has 3 aliphatic rings. The first-order valence-corrected chi connectivity index (χ1v) is 14.0. The first kappa shape index (κ1) is 22.3. The third-order valence-electron chi connectivity index (χ3n) is 8.18. The number of methoxy groups -OCH3 is 1. The summed E-state index contributed by atoms with van der Waals surface area (Å²) in [4.78, 5) is 0. The van der Waals surface area contributed by atoms with Crippen molar-refractivity contribution in [3.63, 3.8) is 0 Å². The molecule has 0 aromatic heterocycles. The fourth-order valence-corrected chi connectivity index (χ4v) is 9.24. The third-order valence-corrected chi connectivity index (χ3v) is 11.0. The minimum Gasteiger partial charge on any atom is -0.373 e. The largest absolute Gasteiger partial charge is 0.539 e. The molecular weight excluding hydrogens is 416 g/mol. The molecule has 5 heteroatoms. The summed E-state index contributed by atoms with van der Waals surface area (Å²) >= 11 is 0. The van der Waals surface area contributed by atoms with Crippen LogP contribution in [0.3, 0.4) is 0 Å². The average Bonchev–Trinajstić information content (AvgIpc) is 3.62. The van der Waals surface area contributed by atoms with Crippen molar-refractivity contribution in [1.82, 2.24) is 0 Å². The molecule has 0 heterocycles. The standard InChI is InChI=1S/C27H36O4Si/c1-28-27(21-12-5-6-13-21,22-14-7-8-15-22)31-32(29-2,30-3)26-18-10-17-24-23-16-9-4-11-20(23)19-25(24)26/h4,9-11,16-18,21-22H,5-8,12-15,19H2,1-3H3. The maximum absolute atomic E-state index is 7.22. The van der Waals surface area contributed by atoms with Gasteiger partial charge in [-0.25, -0.2) is 0 Å². The molecule has 32 heavy (non-hydrogen) atoms. The lowest BCUT2D eigenvalue weighted by Gasteiger charge is -2.47. The normalized spacial score (nSPS) is 19.5. The Balaban J connectivity index is 1.60. The molecule has 0 bridgehead atoms. The van der Waals surface area contributed by atoms with Crippen molar-refractivity contribution in [2.45, 2.75) is 63.6 Å². The van der Waals surface area contributed by atoms with Gasteiger partial charge in [0.25, 0.3) is 0 Å². The second kappa shape index (κ2) is 9.03. The van der Waals surface area contributed by atoms with E-state index < -0.39 is 14.6 Å². The van der Waals surface area contributed by atoms with Gasteiger partial charge in [0.15, 0.2) is 5.79 Å². The lowest BCUT2D eigenvalue weighted by Crippen LogP contribution is -2.64. The van der Waals surface area contributed by atoms with Gasteiger partial charge >= 0.3 is 8.80 Å². The van der Waals surface area contributed by atoms with Crippen molar-refractivity contribution in [2.24, 2.45) is 11.8 Å². The van der Waals surface area contributed by atoms with E-state index in [0.717, 1.165) is 37.3 Å². The third kappa shape index (κ3) is 3.50. The number of benzene rings is 2. The van der Waals surface area contributed by atoms with Crippen LogP contribution in [0.15, 0.2) is 42.5 Å². The van der Waals surface area contributed by atoms with E-state index in [4.69, 9.17) is 18.0 Å². The zero-order chi connectivity index (χ0) is 22.2. The molecule has 0 N–H and O–H groups in total. The van der Waals surface area contributed by atoms with E-state index in [1.807, 2.05) is 7.11 Å². The molecule has 0 radical (unpaired) electrons. The van der Waals surface area contributed by atoms with Crippen LogP contribution in [0.2, 0.25) is 0 Å². The van der Waals surface area contributed by atoms with Gasteiger partial charge in [0.05, 0.1) is 0 Å². The fourth-order valence-electron chi connectivity index (χ4n) is 6.63. The van der Waals surface area contributed by atoms with Crippen molar-refractivity contribution >= 4 is 14.0 Å². The van der Waals surface area contributed by atoms with E-state index >= 15 is 0 Å². The van der Waals surface area contributed by atoms with E-state index in [9.17, 15) is 0 Å². The van der Waals surface area contributed by atoms with Gasteiger partial charge in [-0.15, -0.1) is 0 Å². The van der Waals surface area contributed by atoms with E-state index in [-0.39, 0.29) is 0 Å². The molecule has 5 rings (SSSR count). The Labute approximate surface area is 193 Å². The Morgan fingerprint density at radius 2 is 1.34 bits per heavy atom. The summed E-state index contributed by atoms with van der Waals surface area (Å²) in [5, 5.41) is 1.09. The van der Waals surface area contributed by atoms with Crippen LogP contribution in [0.4, 0.5) is 0 Å². The Morgan fingerprint density at radius 3 is 1.94 bits per heavy atom. The van der Waals surface area contributed by atoms with E-state index in [0.29, 0.717) is 11.8 Å². The smallest absolute Gasteiger partial charge is 0.373 e. The van der Waals surface area contributed by atoms with Crippen LogP contribution in [-0.2, 0) is 24.4 Å². The highest BCUT2D eigenvalue weighted by molar-refractivity contribution is 6.76. The molecule has 2 saturated carbocycles. The monoisotopic (exact) mass is 452 g/mol.